The average Bonchev–Trinajstić information content (AvgIpc) is 2.88. The van der Waals surface area contributed by atoms with Crippen LogP contribution in [-0.2, 0) is 26.2 Å². The fourth-order valence-electron chi connectivity index (χ4n) is 4.02. The molecule has 3 aromatic rings. The average molecular weight is 508 g/mol. The van der Waals surface area contributed by atoms with Crippen LogP contribution in [0, 0.1) is 13.8 Å². The van der Waals surface area contributed by atoms with Crippen LogP contribution in [0.25, 0.3) is 0 Å². The molecule has 8 nitrogen and oxygen atoms in total. The number of benzene rings is 3. The minimum atomic E-state index is -3.90. The van der Waals surface area contributed by atoms with Crippen LogP contribution < -0.4 is 15.0 Å². The monoisotopic (exact) mass is 507 g/mol. The summed E-state index contributed by atoms with van der Waals surface area (Å²) in [6, 6.07) is 21.6. The molecule has 0 aromatic heterocycles. The molecule has 4 rings (SSSR count). The molecule has 1 aliphatic rings. The summed E-state index contributed by atoms with van der Waals surface area (Å²) in [7, 11) is -2.52. The summed E-state index contributed by atoms with van der Waals surface area (Å²) < 4.78 is 33.4. The van der Waals surface area contributed by atoms with Gasteiger partial charge < -0.3 is 15.0 Å². The number of hydrogen-bond donors (Lipinski definition) is 1. The summed E-state index contributed by atoms with van der Waals surface area (Å²) in [5, 5.41) is 2.85. The summed E-state index contributed by atoms with van der Waals surface area (Å²) in [6.07, 6.45) is -0.937. The van der Waals surface area contributed by atoms with Gasteiger partial charge in [-0.25, -0.2) is 8.42 Å². The smallest absolute Gasteiger partial charge is 0.263 e. The van der Waals surface area contributed by atoms with Crippen LogP contribution in [0.4, 0.5) is 5.69 Å². The van der Waals surface area contributed by atoms with E-state index in [-0.39, 0.29) is 23.9 Å². The molecule has 3 aromatic carbocycles. The summed E-state index contributed by atoms with van der Waals surface area (Å²) >= 11 is 0. The normalized spacial score (nSPS) is 15.2. The molecule has 9 heteroatoms. The number of likely N-dealkylation sites (N-methyl/N-ethyl adjacent to an activating group) is 1. The first-order valence-corrected chi connectivity index (χ1v) is 13.0. The maximum absolute atomic E-state index is 13.4. The van der Waals surface area contributed by atoms with Crippen LogP contribution in [0.1, 0.15) is 16.7 Å². The fraction of sp³-hybridized carbons (Fsp3) is 0.259. The van der Waals surface area contributed by atoms with Gasteiger partial charge in [-0.15, -0.1) is 0 Å². The molecule has 1 N–H and O–H groups in total. The van der Waals surface area contributed by atoms with Crippen molar-refractivity contribution in [3.05, 3.63) is 89.5 Å². The van der Waals surface area contributed by atoms with E-state index in [1.807, 2.05) is 43.3 Å². The highest BCUT2D eigenvalue weighted by Crippen LogP contribution is 2.33. The van der Waals surface area contributed by atoms with Gasteiger partial charge in [0.05, 0.1) is 23.7 Å². The van der Waals surface area contributed by atoms with Gasteiger partial charge in [-0.2, -0.15) is 4.31 Å². The second kappa shape index (κ2) is 10.5. The van der Waals surface area contributed by atoms with Crippen molar-refractivity contribution < 1.29 is 22.7 Å². The molecule has 0 radical (unpaired) electrons. The zero-order valence-corrected chi connectivity index (χ0v) is 21.3. The third-order valence-corrected chi connectivity index (χ3v) is 8.01. The summed E-state index contributed by atoms with van der Waals surface area (Å²) in [5.41, 5.74) is 2.84. The molecule has 1 aliphatic heterocycles. The lowest BCUT2D eigenvalue weighted by molar-refractivity contribution is -0.128. The molecule has 0 fully saturated rings. The predicted molar refractivity (Wildman–Crippen MR) is 137 cm³/mol. The van der Waals surface area contributed by atoms with Gasteiger partial charge in [0.25, 0.3) is 5.91 Å². The van der Waals surface area contributed by atoms with Crippen molar-refractivity contribution in [2.45, 2.75) is 31.4 Å². The molecule has 1 atom stereocenters. The number of sulfonamides is 1. The maximum Gasteiger partial charge on any atom is 0.263 e. The van der Waals surface area contributed by atoms with Crippen LogP contribution in [0.15, 0.2) is 77.7 Å². The molecule has 0 spiro atoms. The number of amides is 2. The molecule has 36 heavy (non-hydrogen) atoms. The van der Waals surface area contributed by atoms with Crippen LogP contribution in [0.2, 0.25) is 0 Å². The van der Waals surface area contributed by atoms with E-state index in [9.17, 15) is 18.0 Å². The molecule has 1 unspecified atom stereocenters. The Hall–Kier alpha value is -3.69. The predicted octanol–water partition coefficient (Wildman–Crippen LogP) is 3.03. The first-order chi connectivity index (χ1) is 17.2. The molecule has 188 valence electrons. The number of aryl methyl sites for hydroxylation is 2. The van der Waals surface area contributed by atoms with Crippen LogP contribution in [0.5, 0.6) is 5.75 Å². The van der Waals surface area contributed by atoms with E-state index in [1.54, 1.807) is 43.3 Å². The zero-order chi connectivity index (χ0) is 25.9. The lowest BCUT2D eigenvalue weighted by Gasteiger charge is -2.35. The summed E-state index contributed by atoms with van der Waals surface area (Å²) in [6.45, 7) is 3.44. The summed E-state index contributed by atoms with van der Waals surface area (Å²) in [4.78, 5) is 27.9. The van der Waals surface area contributed by atoms with Gasteiger partial charge >= 0.3 is 0 Å². The molecule has 2 amide bonds. The van der Waals surface area contributed by atoms with Crippen LogP contribution in [0.3, 0.4) is 0 Å². The number of fused-ring (bicyclic) bond motifs is 1. The Labute approximate surface area is 211 Å². The first-order valence-electron chi connectivity index (χ1n) is 11.6. The van der Waals surface area contributed by atoms with E-state index in [0.717, 1.165) is 15.4 Å². The van der Waals surface area contributed by atoms with Crippen molar-refractivity contribution >= 4 is 27.5 Å². The number of rotatable bonds is 7. The summed E-state index contributed by atoms with van der Waals surface area (Å²) in [5.74, 6) is -0.428. The van der Waals surface area contributed by atoms with Gasteiger partial charge in [-0.05, 0) is 48.7 Å². The van der Waals surface area contributed by atoms with E-state index in [4.69, 9.17) is 4.74 Å². The Morgan fingerprint density at radius 2 is 1.72 bits per heavy atom. The highest BCUT2D eigenvalue weighted by atomic mass is 32.2. The van der Waals surface area contributed by atoms with E-state index < -0.39 is 22.0 Å². The Morgan fingerprint density at radius 1 is 1.03 bits per heavy atom. The number of anilines is 1. The molecule has 0 bridgehead atoms. The second-order valence-corrected chi connectivity index (χ2v) is 10.8. The van der Waals surface area contributed by atoms with Gasteiger partial charge in [0, 0.05) is 13.6 Å². The van der Waals surface area contributed by atoms with E-state index in [0.29, 0.717) is 23.5 Å². The maximum atomic E-state index is 13.4. The minimum Gasteiger partial charge on any atom is -0.477 e. The molecule has 0 saturated heterocycles. The van der Waals surface area contributed by atoms with E-state index >= 15 is 0 Å². The number of nitrogens with one attached hydrogen (secondary N) is 1. The Balaban J connectivity index is 1.51. The van der Waals surface area contributed by atoms with Crippen molar-refractivity contribution in [2.24, 2.45) is 0 Å². The third-order valence-electron chi connectivity index (χ3n) is 6.07. The second-order valence-electron chi connectivity index (χ2n) is 8.81. The van der Waals surface area contributed by atoms with Gasteiger partial charge in [0.15, 0.2) is 6.10 Å². The third kappa shape index (κ3) is 5.42. The molecular weight excluding hydrogens is 478 g/mol. The van der Waals surface area contributed by atoms with E-state index in [1.165, 1.54) is 11.9 Å². The standard InChI is InChI=1S/C27H29N3O5S/c1-19-13-14-20(2)25(15-19)36(33,34)29(3)18-26(31)30-17-24(35-23-12-8-7-11-22(23)30)27(32)28-16-21-9-5-4-6-10-21/h4-15,24H,16-18H2,1-3H3,(H,28,32). The molecular formula is C27H29N3O5S. The van der Waals surface area contributed by atoms with Crippen LogP contribution >= 0.6 is 0 Å². The minimum absolute atomic E-state index is 0.0339. The van der Waals surface area contributed by atoms with Crippen molar-refractivity contribution in [3.8, 4) is 5.75 Å². The fourth-order valence-corrected chi connectivity index (χ4v) is 5.45. The van der Waals surface area contributed by atoms with Crippen molar-refractivity contribution in [2.75, 3.05) is 25.0 Å². The van der Waals surface area contributed by atoms with Gasteiger partial charge in [0.1, 0.15) is 5.75 Å². The first kappa shape index (κ1) is 25.4. The lowest BCUT2D eigenvalue weighted by Crippen LogP contribution is -2.52. The van der Waals surface area contributed by atoms with Gasteiger partial charge in [-0.3, -0.25) is 9.59 Å². The number of ether oxygens (including phenoxy) is 1. The van der Waals surface area contributed by atoms with Crippen LogP contribution in [-0.4, -0.2) is 50.8 Å². The Kier molecular flexibility index (Phi) is 7.42. The Bertz CT molecular complexity index is 1380. The van der Waals surface area contributed by atoms with Crippen molar-refractivity contribution in [1.29, 1.82) is 0 Å². The number of carbonyl (C=O) groups excluding carboxylic acids is 2. The topological polar surface area (TPSA) is 96.0 Å². The largest absolute Gasteiger partial charge is 0.477 e. The molecule has 1 heterocycles. The van der Waals surface area contributed by atoms with Gasteiger partial charge in [-0.1, -0.05) is 54.6 Å². The zero-order valence-electron chi connectivity index (χ0n) is 20.5. The van der Waals surface area contributed by atoms with Gasteiger partial charge in [0.2, 0.25) is 15.9 Å². The number of nitrogens with zero attached hydrogens (tertiary/aromatic N) is 2. The SMILES string of the molecule is Cc1ccc(C)c(S(=O)(=O)N(C)CC(=O)N2CC(C(=O)NCc3ccccc3)Oc3ccccc32)c1. The van der Waals surface area contributed by atoms with Crippen molar-refractivity contribution in [1.82, 2.24) is 9.62 Å². The number of carbonyl (C=O) groups is 2. The number of para-hydroxylation sites is 2. The number of hydrogen-bond acceptors (Lipinski definition) is 5. The quantitative estimate of drug-likeness (QED) is 0.530. The lowest BCUT2D eigenvalue weighted by atomic mass is 10.1. The highest BCUT2D eigenvalue weighted by Gasteiger charge is 2.35. The highest BCUT2D eigenvalue weighted by molar-refractivity contribution is 7.89. The van der Waals surface area contributed by atoms with E-state index in [2.05, 4.69) is 5.32 Å². The Morgan fingerprint density at radius 3 is 2.47 bits per heavy atom. The molecule has 0 aliphatic carbocycles. The molecule has 0 saturated carbocycles. The van der Waals surface area contributed by atoms with Crippen molar-refractivity contribution in [3.63, 3.8) is 0 Å².